The molecule has 0 fully saturated rings. The molecule has 0 saturated carbocycles. The molecule has 2 aromatic heterocycles. The van der Waals surface area contributed by atoms with Gasteiger partial charge in [-0.2, -0.15) is 0 Å². The summed E-state index contributed by atoms with van der Waals surface area (Å²) < 4.78 is 1.88. The average Bonchev–Trinajstić information content (AvgIpc) is 3.04. The molecule has 0 aliphatic carbocycles. The van der Waals surface area contributed by atoms with Crippen molar-refractivity contribution in [2.45, 2.75) is 6.54 Å². The number of para-hydroxylation sites is 1. The van der Waals surface area contributed by atoms with Crippen molar-refractivity contribution < 1.29 is 0 Å². The predicted molar refractivity (Wildman–Crippen MR) is 89.1 cm³/mol. The smallest absolute Gasteiger partial charge is 0.259 e. The molecule has 0 atom stereocenters. The second-order valence-electron chi connectivity index (χ2n) is 5.03. The lowest BCUT2D eigenvalue weighted by Gasteiger charge is -2.12. The van der Waals surface area contributed by atoms with Gasteiger partial charge >= 0.3 is 0 Å². The van der Waals surface area contributed by atoms with Crippen LogP contribution in [0.5, 0.6) is 0 Å². The molecule has 0 radical (unpaired) electrons. The molecule has 0 unspecified atom stereocenters. The predicted octanol–water partition coefficient (Wildman–Crippen LogP) is 4.26. The van der Waals surface area contributed by atoms with Crippen molar-refractivity contribution in [2.75, 3.05) is 0 Å². The SMILES string of the molecule is O=c1c2ccccc2c2ccccc2n1Cc1cccs1. The Morgan fingerprint density at radius 3 is 2.29 bits per heavy atom. The highest BCUT2D eigenvalue weighted by molar-refractivity contribution is 7.09. The number of benzene rings is 2. The summed E-state index contributed by atoms with van der Waals surface area (Å²) >= 11 is 1.68. The molecule has 2 heterocycles. The summed E-state index contributed by atoms with van der Waals surface area (Å²) in [5.41, 5.74) is 1.08. The van der Waals surface area contributed by atoms with Crippen LogP contribution < -0.4 is 5.56 Å². The van der Waals surface area contributed by atoms with E-state index in [9.17, 15) is 4.79 Å². The van der Waals surface area contributed by atoms with Gasteiger partial charge in [-0.3, -0.25) is 4.79 Å². The van der Waals surface area contributed by atoms with Crippen molar-refractivity contribution >= 4 is 33.0 Å². The molecule has 4 rings (SSSR count). The summed E-state index contributed by atoms with van der Waals surface area (Å²) in [7, 11) is 0. The molecule has 2 aromatic carbocycles. The number of fused-ring (bicyclic) bond motifs is 3. The molecule has 0 aliphatic heterocycles. The van der Waals surface area contributed by atoms with E-state index < -0.39 is 0 Å². The van der Waals surface area contributed by atoms with Gasteiger partial charge in [0.2, 0.25) is 0 Å². The standard InChI is InChI=1S/C18H13NOS/c20-18-16-9-2-1-7-14(16)15-8-3-4-10-17(15)19(18)12-13-6-5-11-21-13/h1-11H,12H2. The first kappa shape index (κ1) is 12.4. The van der Waals surface area contributed by atoms with Gasteiger partial charge in [0, 0.05) is 15.6 Å². The van der Waals surface area contributed by atoms with E-state index in [-0.39, 0.29) is 5.56 Å². The van der Waals surface area contributed by atoms with Crippen LogP contribution in [0.1, 0.15) is 4.88 Å². The number of thiophene rings is 1. The third-order valence-electron chi connectivity index (χ3n) is 3.78. The van der Waals surface area contributed by atoms with Crippen molar-refractivity contribution in [1.29, 1.82) is 0 Å². The van der Waals surface area contributed by atoms with Gasteiger partial charge in [-0.25, -0.2) is 0 Å². The molecule has 0 bridgehead atoms. The fourth-order valence-corrected chi connectivity index (χ4v) is 3.50. The maximum atomic E-state index is 12.8. The van der Waals surface area contributed by atoms with E-state index in [1.807, 2.05) is 58.5 Å². The molecule has 2 nitrogen and oxygen atoms in total. The lowest BCUT2D eigenvalue weighted by Crippen LogP contribution is -2.21. The third kappa shape index (κ3) is 1.98. The van der Waals surface area contributed by atoms with E-state index >= 15 is 0 Å². The topological polar surface area (TPSA) is 22.0 Å². The number of rotatable bonds is 2. The Morgan fingerprint density at radius 2 is 1.52 bits per heavy atom. The van der Waals surface area contributed by atoms with Crippen LogP contribution in [0.4, 0.5) is 0 Å². The average molecular weight is 291 g/mol. The van der Waals surface area contributed by atoms with Gasteiger partial charge in [0.15, 0.2) is 0 Å². The molecule has 0 N–H and O–H groups in total. The first-order valence-corrected chi connectivity index (χ1v) is 7.75. The molecule has 0 saturated heterocycles. The van der Waals surface area contributed by atoms with E-state index in [1.54, 1.807) is 11.3 Å². The lowest BCUT2D eigenvalue weighted by molar-refractivity contribution is 0.815. The van der Waals surface area contributed by atoms with Crippen molar-refractivity contribution in [3.05, 3.63) is 81.3 Å². The minimum Gasteiger partial charge on any atom is -0.302 e. The van der Waals surface area contributed by atoms with Crippen LogP contribution in [0, 0.1) is 0 Å². The normalized spacial score (nSPS) is 11.2. The minimum atomic E-state index is 0.0812. The van der Waals surface area contributed by atoms with Gasteiger partial charge < -0.3 is 4.57 Å². The Kier molecular flexibility index (Phi) is 2.86. The summed E-state index contributed by atoms with van der Waals surface area (Å²) in [6.07, 6.45) is 0. The molecular weight excluding hydrogens is 278 g/mol. The molecule has 102 valence electrons. The highest BCUT2D eigenvalue weighted by atomic mass is 32.1. The van der Waals surface area contributed by atoms with Gasteiger partial charge in [-0.15, -0.1) is 11.3 Å². The van der Waals surface area contributed by atoms with Crippen LogP contribution in [0.2, 0.25) is 0 Å². The quantitative estimate of drug-likeness (QED) is 0.506. The van der Waals surface area contributed by atoms with Crippen LogP contribution in [0.15, 0.2) is 70.8 Å². The van der Waals surface area contributed by atoms with Crippen molar-refractivity contribution in [2.24, 2.45) is 0 Å². The molecule has 0 spiro atoms. The molecular formula is C18H13NOS. The summed E-state index contributed by atoms with van der Waals surface area (Å²) in [5, 5.41) is 4.99. The maximum Gasteiger partial charge on any atom is 0.259 e. The van der Waals surface area contributed by atoms with Crippen LogP contribution in [0.3, 0.4) is 0 Å². The minimum absolute atomic E-state index is 0.0812. The zero-order chi connectivity index (χ0) is 14.2. The van der Waals surface area contributed by atoms with Gasteiger partial charge in [-0.05, 0) is 29.0 Å². The van der Waals surface area contributed by atoms with E-state index in [0.29, 0.717) is 6.54 Å². The fraction of sp³-hybridized carbons (Fsp3) is 0.0556. The number of aromatic nitrogens is 1. The number of hydrogen-bond acceptors (Lipinski definition) is 2. The largest absolute Gasteiger partial charge is 0.302 e. The first-order chi connectivity index (χ1) is 10.3. The van der Waals surface area contributed by atoms with Crippen LogP contribution >= 0.6 is 11.3 Å². The number of pyridine rings is 1. The van der Waals surface area contributed by atoms with Gasteiger partial charge in [0.25, 0.3) is 5.56 Å². The zero-order valence-corrected chi connectivity index (χ0v) is 12.1. The maximum absolute atomic E-state index is 12.8. The Labute approximate surface area is 125 Å². The van der Waals surface area contributed by atoms with Gasteiger partial charge in [0.05, 0.1) is 12.1 Å². The van der Waals surface area contributed by atoms with Crippen LogP contribution in [0.25, 0.3) is 21.7 Å². The Morgan fingerprint density at radius 1 is 0.810 bits per heavy atom. The van der Waals surface area contributed by atoms with Crippen LogP contribution in [-0.2, 0) is 6.54 Å². The van der Waals surface area contributed by atoms with Crippen molar-refractivity contribution in [3.8, 4) is 0 Å². The Hall–Kier alpha value is -2.39. The molecule has 0 aliphatic rings. The molecule has 4 aromatic rings. The summed E-state index contributed by atoms with van der Waals surface area (Å²) in [6, 6.07) is 20.1. The Bertz CT molecular complexity index is 983. The Balaban J connectivity index is 2.12. The van der Waals surface area contributed by atoms with E-state index in [2.05, 4.69) is 12.1 Å². The summed E-state index contributed by atoms with van der Waals surface area (Å²) in [5.74, 6) is 0. The molecule has 21 heavy (non-hydrogen) atoms. The molecule has 0 amide bonds. The van der Waals surface area contributed by atoms with Crippen LogP contribution in [-0.4, -0.2) is 4.57 Å². The van der Waals surface area contributed by atoms with Crippen molar-refractivity contribution in [3.63, 3.8) is 0 Å². The van der Waals surface area contributed by atoms with E-state index in [4.69, 9.17) is 0 Å². The van der Waals surface area contributed by atoms with Crippen molar-refractivity contribution in [1.82, 2.24) is 4.57 Å². The highest BCUT2D eigenvalue weighted by Gasteiger charge is 2.10. The second-order valence-corrected chi connectivity index (χ2v) is 6.07. The summed E-state index contributed by atoms with van der Waals surface area (Å²) in [4.78, 5) is 14.0. The lowest BCUT2D eigenvalue weighted by atomic mass is 10.1. The monoisotopic (exact) mass is 291 g/mol. The molecule has 3 heteroatoms. The third-order valence-corrected chi connectivity index (χ3v) is 4.64. The number of nitrogens with zero attached hydrogens (tertiary/aromatic N) is 1. The first-order valence-electron chi connectivity index (χ1n) is 6.87. The highest BCUT2D eigenvalue weighted by Crippen LogP contribution is 2.23. The number of hydrogen-bond donors (Lipinski definition) is 0. The fourth-order valence-electron chi connectivity index (χ4n) is 2.81. The van der Waals surface area contributed by atoms with E-state index in [0.717, 1.165) is 21.7 Å². The summed E-state index contributed by atoms with van der Waals surface area (Å²) in [6.45, 7) is 0.627. The van der Waals surface area contributed by atoms with Gasteiger partial charge in [0.1, 0.15) is 0 Å². The second kappa shape index (κ2) is 4.86. The van der Waals surface area contributed by atoms with E-state index in [1.165, 1.54) is 4.88 Å². The zero-order valence-electron chi connectivity index (χ0n) is 11.3. The van der Waals surface area contributed by atoms with Gasteiger partial charge in [-0.1, -0.05) is 42.5 Å².